The van der Waals surface area contributed by atoms with E-state index < -0.39 is 17.9 Å². The van der Waals surface area contributed by atoms with Crippen molar-refractivity contribution in [3.63, 3.8) is 0 Å². The van der Waals surface area contributed by atoms with E-state index in [1.807, 2.05) is 19.1 Å². The van der Waals surface area contributed by atoms with Crippen molar-refractivity contribution in [2.75, 3.05) is 0 Å². The molecule has 0 radical (unpaired) electrons. The summed E-state index contributed by atoms with van der Waals surface area (Å²) in [4.78, 5) is 0. The Hall–Kier alpha value is -3.70. The lowest BCUT2D eigenvalue weighted by atomic mass is 10.00. The van der Waals surface area contributed by atoms with Crippen LogP contribution in [0, 0.1) is 43.3 Å². The Kier molecular flexibility index (Phi) is 6.91. The molecule has 3 rings (SSSR count). The molecule has 3 aromatic rings. The number of rotatable bonds is 2. The Morgan fingerprint density at radius 2 is 1.44 bits per heavy atom. The molecule has 0 bridgehead atoms. The van der Waals surface area contributed by atoms with E-state index in [0.717, 1.165) is 11.1 Å². The van der Waals surface area contributed by atoms with E-state index in [9.17, 15) is 17.6 Å². The van der Waals surface area contributed by atoms with Gasteiger partial charge in [0.05, 0.1) is 11.1 Å². The fraction of sp³-hybridized carbons (Fsp3) is 0.185. The van der Waals surface area contributed by atoms with Crippen molar-refractivity contribution >= 4 is 0 Å². The lowest BCUT2D eigenvalue weighted by molar-refractivity contribution is -0.274. The van der Waals surface area contributed by atoms with Crippen molar-refractivity contribution in [3.05, 3.63) is 99.4 Å². The minimum atomic E-state index is -4.89. The maximum absolute atomic E-state index is 14.1. The Labute approximate surface area is 185 Å². The maximum Gasteiger partial charge on any atom is 0.573 e. The van der Waals surface area contributed by atoms with Gasteiger partial charge >= 0.3 is 6.36 Å². The van der Waals surface area contributed by atoms with Crippen LogP contribution in [0.15, 0.2) is 54.6 Å². The second kappa shape index (κ2) is 9.62. The van der Waals surface area contributed by atoms with Crippen LogP contribution in [0.5, 0.6) is 5.75 Å². The highest BCUT2D eigenvalue weighted by atomic mass is 19.4. The average Bonchev–Trinajstić information content (AvgIpc) is 2.72. The Morgan fingerprint density at radius 1 is 0.781 bits per heavy atom. The molecule has 32 heavy (non-hydrogen) atoms. The maximum atomic E-state index is 14.1. The molecule has 3 aromatic carbocycles. The van der Waals surface area contributed by atoms with E-state index in [1.54, 1.807) is 38.1 Å². The van der Waals surface area contributed by atoms with Crippen LogP contribution in [0.2, 0.25) is 0 Å². The minimum Gasteiger partial charge on any atom is -0.404 e. The molecule has 0 aliphatic rings. The minimum absolute atomic E-state index is 0.150. The van der Waals surface area contributed by atoms with Crippen molar-refractivity contribution in [2.45, 2.75) is 33.6 Å². The molecule has 162 valence electrons. The van der Waals surface area contributed by atoms with Gasteiger partial charge in [0.15, 0.2) is 0 Å². The number of benzene rings is 3. The third kappa shape index (κ3) is 6.15. The molecule has 0 atom stereocenters. The van der Waals surface area contributed by atoms with Crippen molar-refractivity contribution in [2.24, 2.45) is 0 Å². The van der Waals surface area contributed by atoms with E-state index in [4.69, 9.17) is 0 Å². The largest absolute Gasteiger partial charge is 0.573 e. The summed E-state index contributed by atoms with van der Waals surface area (Å²) in [5, 5.41) is 0. The molecule has 0 fully saturated rings. The second-order valence-corrected chi connectivity index (χ2v) is 7.26. The zero-order chi connectivity index (χ0) is 23.3. The summed E-state index contributed by atoms with van der Waals surface area (Å²) in [6.45, 7) is 5.50. The fourth-order valence-corrected chi connectivity index (χ4v) is 3.00. The molecule has 0 unspecified atom stereocenters. The first-order valence-electron chi connectivity index (χ1n) is 9.94. The van der Waals surface area contributed by atoms with E-state index in [-0.39, 0.29) is 16.7 Å². The van der Waals surface area contributed by atoms with E-state index in [0.29, 0.717) is 17.5 Å². The second-order valence-electron chi connectivity index (χ2n) is 7.26. The average molecular weight is 436 g/mol. The molecule has 0 saturated heterocycles. The Balaban J connectivity index is 2.08. The van der Waals surface area contributed by atoms with Gasteiger partial charge in [-0.05, 0) is 67.8 Å². The third-order valence-corrected chi connectivity index (χ3v) is 4.64. The van der Waals surface area contributed by atoms with Crippen LogP contribution in [0.1, 0.15) is 45.9 Å². The van der Waals surface area contributed by atoms with E-state index >= 15 is 0 Å². The number of aryl methyl sites for hydroxylation is 3. The number of halogens is 4. The molecule has 0 saturated carbocycles. The lowest BCUT2D eigenvalue weighted by Crippen LogP contribution is -2.18. The molecule has 1 nitrogen and oxygen atoms in total. The zero-order valence-corrected chi connectivity index (χ0v) is 17.8. The number of ether oxygens (including phenoxy) is 1. The first-order valence-corrected chi connectivity index (χ1v) is 9.94. The SMILES string of the molecule is CCc1cc(C#Cc2ccc(C)cc2F)cc(OC(F)(F)F)c1C#Cc1ccc(C)cc1. The van der Waals surface area contributed by atoms with Crippen LogP contribution in [0.3, 0.4) is 0 Å². The highest BCUT2D eigenvalue weighted by molar-refractivity contribution is 5.59. The Bertz CT molecular complexity index is 1250. The summed E-state index contributed by atoms with van der Waals surface area (Å²) in [5.74, 6) is 10.2. The Morgan fingerprint density at radius 3 is 2.06 bits per heavy atom. The van der Waals surface area contributed by atoms with Crippen molar-refractivity contribution in [3.8, 4) is 29.4 Å². The number of hydrogen-bond donors (Lipinski definition) is 0. The third-order valence-electron chi connectivity index (χ3n) is 4.64. The first kappa shape index (κ1) is 23.0. The van der Waals surface area contributed by atoms with Gasteiger partial charge in [0, 0.05) is 11.1 Å². The van der Waals surface area contributed by atoms with Gasteiger partial charge in [0.1, 0.15) is 11.6 Å². The molecular weight excluding hydrogens is 416 g/mol. The summed E-state index contributed by atoms with van der Waals surface area (Å²) in [6.07, 6.45) is -4.47. The molecule has 0 spiro atoms. The van der Waals surface area contributed by atoms with Gasteiger partial charge in [-0.3, -0.25) is 0 Å². The smallest absolute Gasteiger partial charge is 0.404 e. The van der Waals surface area contributed by atoms with Crippen LogP contribution in [0.4, 0.5) is 17.6 Å². The van der Waals surface area contributed by atoms with Crippen molar-refractivity contribution in [1.82, 2.24) is 0 Å². The van der Waals surface area contributed by atoms with Gasteiger partial charge in [0.25, 0.3) is 0 Å². The molecule has 5 heteroatoms. The molecule has 0 aliphatic carbocycles. The summed E-state index contributed by atoms with van der Waals surface area (Å²) in [7, 11) is 0. The molecule has 0 aromatic heterocycles. The van der Waals surface area contributed by atoms with Crippen LogP contribution < -0.4 is 4.74 Å². The number of hydrogen-bond acceptors (Lipinski definition) is 1. The van der Waals surface area contributed by atoms with Crippen LogP contribution in [-0.2, 0) is 6.42 Å². The molecular formula is C27H20F4O. The van der Waals surface area contributed by atoms with Gasteiger partial charge < -0.3 is 4.74 Å². The topological polar surface area (TPSA) is 9.23 Å². The van der Waals surface area contributed by atoms with E-state index in [1.165, 1.54) is 18.2 Å². The monoisotopic (exact) mass is 436 g/mol. The molecule has 0 heterocycles. The first-order chi connectivity index (χ1) is 15.1. The molecule has 0 N–H and O–H groups in total. The van der Waals surface area contributed by atoms with Crippen LogP contribution in [-0.4, -0.2) is 6.36 Å². The predicted molar refractivity (Wildman–Crippen MR) is 117 cm³/mol. The lowest BCUT2D eigenvalue weighted by Gasteiger charge is -2.14. The molecule has 0 amide bonds. The van der Waals surface area contributed by atoms with Gasteiger partial charge in [-0.2, -0.15) is 0 Å². The number of alkyl halides is 3. The predicted octanol–water partition coefficient (Wildman–Crippen LogP) is 6.70. The summed E-state index contributed by atoms with van der Waals surface area (Å²) in [6, 6.07) is 14.8. The van der Waals surface area contributed by atoms with Crippen molar-refractivity contribution in [1.29, 1.82) is 0 Å². The van der Waals surface area contributed by atoms with Gasteiger partial charge in [0.2, 0.25) is 0 Å². The summed E-state index contributed by atoms with van der Waals surface area (Å²) in [5.41, 5.74) is 3.63. The van der Waals surface area contributed by atoms with Crippen LogP contribution >= 0.6 is 0 Å². The molecule has 0 aliphatic heterocycles. The highest BCUT2D eigenvalue weighted by Crippen LogP contribution is 2.30. The normalized spacial score (nSPS) is 10.6. The van der Waals surface area contributed by atoms with Gasteiger partial charge in [-0.1, -0.05) is 54.4 Å². The van der Waals surface area contributed by atoms with E-state index in [2.05, 4.69) is 28.4 Å². The highest BCUT2D eigenvalue weighted by Gasteiger charge is 2.32. The van der Waals surface area contributed by atoms with Gasteiger partial charge in [-0.25, -0.2) is 4.39 Å². The standard InChI is InChI=1S/C27H20F4O/c1-4-22-16-21(10-13-23-12-7-19(3)15-25(23)28)17-26(32-27(29,30)31)24(22)14-11-20-8-5-18(2)6-9-20/h5-9,12,15-17H,4H2,1-3H3. The van der Waals surface area contributed by atoms with Gasteiger partial charge in [-0.15, -0.1) is 13.2 Å². The summed E-state index contributed by atoms with van der Waals surface area (Å²) >= 11 is 0. The quantitative estimate of drug-likeness (QED) is 0.321. The summed E-state index contributed by atoms with van der Waals surface area (Å²) < 4.78 is 57.6. The van der Waals surface area contributed by atoms with Crippen molar-refractivity contribution < 1.29 is 22.3 Å². The zero-order valence-electron chi connectivity index (χ0n) is 17.8. The fourth-order valence-electron chi connectivity index (χ4n) is 3.00. The van der Waals surface area contributed by atoms with Crippen LogP contribution in [0.25, 0.3) is 0 Å².